The highest BCUT2D eigenvalue weighted by atomic mass is 16.5. The third kappa shape index (κ3) is 7.30. The predicted molar refractivity (Wildman–Crippen MR) is 84.2 cm³/mol. The van der Waals surface area contributed by atoms with Crippen molar-refractivity contribution in [3.8, 4) is 5.75 Å². The van der Waals surface area contributed by atoms with Gasteiger partial charge in [0.25, 0.3) is 11.8 Å². The van der Waals surface area contributed by atoms with Gasteiger partial charge in [0.2, 0.25) is 0 Å². The summed E-state index contributed by atoms with van der Waals surface area (Å²) in [6.45, 7) is 4.76. The van der Waals surface area contributed by atoms with Gasteiger partial charge in [-0.3, -0.25) is 14.4 Å². The molecule has 1 rings (SSSR count). The quantitative estimate of drug-likeness (QED) is 0.758. The average molecular weight is 322 g/mol. The van der Waals surface area contributed by atoms with E-state index in [9.17, 15) is 14.4 Å². The number of hydrogen-bond acceptors (Lipinski definition) is 5. The van der Waals surface area contributed by atoms with Crippen LogP contribution < -0.4 is 15.4 Å². The lowest BCUT2D eigenvalue weighted by molar-refractivity contribution is -0.147. The first-order valence-electron chi connectivity index (χ1n) is 7.10. The van der Waals surface area contributed by atoms with E-state index < -0.39 is 23.3 Å². The Labute approximate surface area is 135 Å². The number of amides is 2. The Morgan fingerprint density at radius 3 is 2.48 bits per heavy atom. The van der Waals surface area contributed by atoms with Crippen molar-refractivity contribution in [2.45, 2.75) is 26.3 Å². The molecule has 0 radical (unpaired) electrons. The highest BCUT2D eigenvalue weighted by Gasteiger charge is 2.15. The number of esters is 1. The molecule has 0 unspecified atom stereocenters. The second kappa shape index (κ2) is 8.17. The van der Waals surface area contributed by atoms with Gasteiger partial charge in [-0.2, -0.15) is 0 Å². The third-order valence-corrected chi connectivity index (χ3v) is 2.60. The Morgan fingerprint density at radius 1 is 1.17 bits per heavy atom. The van der Waals surface area contributed by atoms with Crippen LogP contribution in [0.3, 0.4) is 0 Å². The first-order valence-corrected chi connectivity index (χ1v) is 7.10. The summed E-state index contributed by atoms with van der Waals surface area (Å²) in [5.41, 5.74) is -0.0352. The molecule has 0 fully saturated rings. The minimum absolute atomic E-state index is 0.321. The van der Waals surface area contributed by atoms with Crippen molar-refractivity contribution >= 4 is 17.8 Å². The fraction of sp³-hybridized carbons (Fsp3) is 0.438. The summed E-state index contributed by atoms with van der Waals surface area (Å²) >= 11 is 0. The molecule has 0 aliphatic rings. The zero-order chi connectivity index (χ0) is 17.5. The van der Waals surface area contributed by atoms with Crippen LogP contribution in [-0.4, -0.2) is 43.6 Å². The van der Waals surface area contributed by atoms with Gasteiger partial charge in [0.1, 0.15) is 12.3 Å². The summed E-state index contributed by atoms with van der Waals surface area (Å²) in [6, 6.07) is 6.53. The van der Waals surface area contributed by atoms with Crippen LogP contribution in [0.15, 0.2) is 24.3 Å². The van der Waals surface area contributed by atoms with Crippen molar-refractivity contribution in [3.05, 3.63) is 29.8 Å². The number of rotatable bonds is 6. The fourth-order valence-corrected chi connectivity index (χ4v) is 1.67. The zero-order valence-electron chi connectivity index (χ0n) is 13.8. The lowest BCUT2D eigenvalue weighted by Gasteiger charge is -2.20. The molecule has 23 heavy (non-hydrogen) atoms. The zero-order valence-corrected chi connectivity index (χ0v) is 13.8. The molecule has 0 saturated heterocycles. The third-order valence-electron chi connectivity index (χ3n) is 2.60. The number of carbonyl (C=O) groups excluding carboxylic acids is 3. The van der Waals surface area contributed by atoms with E-state index in [0.717, 1.165) is 0 Å². The molecule has 0 bridgehead atoms. The molecule has 7 heteroatoms. The highest BCUT2D eigenvalue weighted by Crippen LogP contribution is 2.12. The van der Waals surface area contributed by atoms with Crippen LogP contribution in [0.5, 0.6) is 5.75 Å². The van der Waals surface area contributed by atoms with Crippen molar-refractivity contribution in [1.82, 2.24) is 10.6 Å². The number of methoxy groups -OCH3 is 1. The van der Waals surface area contributed by atoms with Gasteiger partial charge in [-0.05, 0) is 39.0 Å². The van der Waals surface area contributed by atoms with Crippen LogP contribution in [0.1, 0.15) is 31.1 Å². The van der Waals surface area contributed by atoms with Crippen LogP contribution in [0.2, 0.25) is 0 Å². The number of ether oxygens (including phenoxy) is 2. The van der Waals surface area contributed by atoms with Crippen molar-refractivity contribution in [2.24, 2.45) is 0 Å². The van der Waals surface area contributed by atoms with Gasteiger partial charge in [-0.1, -0.05) is 6.07 Å². The van der Waals surface area contributed by atoms with Crippen LogP contribution in [0.4, 0.5) is 0 Å². The largest absolute Gasteiger partial charge is 0.497 e. The number of nitrogens with one attached hydrogen (secondary N) is 2. The SMILES string of the molecule is COc1cccc(C(=O)NCC(=O)OCC(=O)NC(C)(C)C)c1. The average Bonchev–Trinajstić information content (AvgIpc) is 2.49. The number of hydrogen-bond donors (Lipinski definition) is 2. The van der Waals surface area contributed by atoms with E-state index >= 15 is 0 Å². The molecular weight excluding hydrogens is 300 g/mol. The van der Waals surface area contributed by atoms with Crippen LogP contribution in [-0.2, 0) is 14.3 Å². The van der Waals surface area contributed by atoms with Crippen LogP contribution in [0, 0.1) is 0 Å². The summed E-state index contributed by atoms with van der Waals surface area (Å²) in [5.74, 6) is -0.977. The molecule has 0 aliphatic heterocycles. The highest BCUT2D eigenvalue weighted by molar-refractivity contribution is 5.96. The molecule has 0 heterocycles. The summed E-state index contributed by atoms with van der Waals surface area (Å²) in [6.07, 6.45) is 0. The number of benzene rings is 1. The van der Waals surface area contributed by atoms with Crippen molar-refractivity contribution < 1.29 is 23.9 Å². The summed E-state index contributed by atoms with van der Waals surface area (Å²) < 4.78 is 9.81. The van der Waals surface area contributed by atoms with Gasteiger partial charge in [0.05, 0.1) is 7.11 Å². The van der Waals surface area contributed by atoms with E-state index in [4.69, 9.17) is 9.47 Å². The minimum atomic E-state index is -0.690. The first kappa shape index (κ1) is 18.5. The number of carbonyl (C=O) groups is 3. The van der Waals surface area contributed by atoms with E-state index in [-0.39, 0.29) is 13.2 Å². The monoisotopic (exact) mass is 322 g/mol. The molecule has 0 aliphatic carbocycles. The summed E-state index contributed by atoms with van der Waals surface area (Å²) in [5, 5.41) is 5.08. The van der Waals surface area contributed by atoms with Gasteiger partial charge < -0.3 is 20.1 Å². The lowest BCUT2D eigenvalue weighted by Crippen LogP contribution is -2.43. The lowest BCUT2D eigenvalue weighted by atomic mass is 10.1. The van der Waals surface area contributed by atoms with Gasteiger partial charge in [0, 0.05) is 11.1 Å². The van der Waals surface area contributed by atoms with E-state index in [1.165, 1.54) is 7.11 Å². The summed E-state index contributed by atoms with van der Waals surface area (Å²) in [4.78, 5) is 34.9. The molecular formula is C16H22N2O5. The molecule has 2 N–H and O–H groups in total. The Balaban J connectivity index is 2.38. The van der Waals surface area contributed by atoms with Gasteiger partial charge in [0.15, 0.2) is 6.61 Å². The first-order chi connectivity index (χ1) is 10.7. The second-order valence-corrected chi connectivity index (χ2v) is 5.87. The standard InChI is InChI=1S/C16H22N2O5/c1-16(2,3)18-13(19)10-23-14(20)9-17-15(21)11-6-5-7-12(8-11)22-4/h5-8H,9-10H2,1-4H3,(H,17,21)(H,18,19). The molecule has 0 aromatic heterocycles. The van der Waals surface area contributed by atoms with E-state index in [0.29, 0.717) is 11.3 Å². The van der Waals surface area contributed by atoms with Crippen LogP contribution in [0.25, 0.3) is 0 Å². The van der Waals surface area contributed by atoms with Gasteiger partial charge in [-0.15, -0.1) is 0 Å². The second-order valence-electron chi connectivity index (χ2n) is 5.87. The smallest absolute Gasteiger partial charge is 0.325 e. The Bertz CT molecular complexity index is 578. The maximum absolute atomic E-state index is 11.9. The molecule has 0 spiro atoms. The van der Waals surface area contributed by atoms with E-state index in [2.05, 4.69) is 10.6 Å². The van der Waals surface area contributed by atoms with E-state index in [1.807, 2.05) is 20.8 Å². The molecule has 7 nitrogen and oxygen atoms in total. The Morgan fingerprint density at radius 2 is 1.87 bits per heavy atom. The van der Waals surface area contributed by atoms with Crippen molar-refractivity contribution in [1.29, 1.82) is 0 Å². The molecule has 2 amide bonds. The normalized spacial score (nSPS) is 10.6. The topological polar surface area (TPSA) is 93.7 Å². The molecule has 0 atom stereocenters. The molecule has 0 saturated carbocycles. The van der Waals surface area contributed by atoms with Crippen molar-refractivity contribution in [3.63, 3.8) is 0 Å². The molecule has 126 valence electrons. The summed E-state index contributed by atoms with van der Waals surface area (Å²) in [7, 11) is 1.50. The molecule has 1 aromatic rings. The van der Waals surface area contributed by atoms with Gasteiger partial charge in [-0.25, -0.2) is 0 Å². The Kier molecular flexibility index (Phi) is 6.56. The fourth-order valence-electron chi connectivity index (χ4n) is 1.67. The minimum Gasteiger partial charge on any atom is -0.497 e. The maximum Gasteiger partial charge on any atom is 0.325 e. The van der Waals surface area contributed by atoms with Crippen molar-refractivity contribution in [2.75, 3.05) is 20.3 Å². The maximum atomic E-state index is 11.9. The van der Waals surface area contributed by atoms with Gasteiger partial charge >= 0.3 is 5.97 Å². The Hall–Kier alpha value is -2.57. The predicted octanol–water partition coefficient (Wildman–Crippen LogP) is 0.883. The van der Waals surface area contributed by atoms with Crippen LogP contribution >= 0.6 is 0 Å². The van der Waals surface area contributed by atoms with E-state index in [1.54, 1.807) is 24.3 Å². The molecule has 1 aromatic carbocycles.